The number of fused-ring (bicyclic) bond motifs is 1. The molecule has 0 aliphatic carbocycles. The summed E-state index contributed by atoms with van der Waals surface area (Å²) in [6.45, 7) is 0. The molecule has 0 radical (unpaired) electrons. The Balaban J connectivity index is 2.75. The number of hydrogen-bond acceptors (Lipinski definition) is 2. The first-order valence-corrected chi connectivity index (χ1v) is 4.26. The highest BCUT2D eigenvalue weighted by atomic mass is 16.4. The fraction of sp³-hybridized carbons (Fsp3) is 0.100. The molecule has 0 saturated heterocycles. The number of nitrogens with two attached hydrogens (primary N) is 1. The lowest BCUT2D eigenvalue weighted by atomic mass is 10.2. The maximum atomic E-state index is 8.59. The molecule has 3 N–H and O–H groups in total. The molecule has 1 heterocycles. The number of rotatable bonds is 1. The topological polar surface area (TPSA) is 63.5 Å². The normalized spacial score (nSPS) is 12.2. The summed E-state index contributed by atoms with van der Waals surface area (Å²) in [5.74, 6) is 0.128. The van der Waals surface area contributed by atoms with Crippen LogP contribution in [0, 0.1) is 0 Å². The van der Waals surface area contributed by atoms with Crippen molar-refractivity contribution in [3.05, 3.63) is 36.0 Å². The van der Waals surface area contributed by atoms with Crippen molar-refractivity contribution in [3.63, 3.8) is 0 Å². The smallest absolute Gasteiger partial charge is 0.186 e. The van der Waals surface area contributed by atoms with E-state index in [4.69, 9.17) is 10.9 Å². The molecule has 0 bridgehead atoms. The first kappa shape index (κ1) is 8.62. The number of benzene rings is 1. The fourth-order valence-corrected chi connectivity index (χ4v) is 1.59. The highest BCUT2D eigenvalue weighted by Crippen LogP contribution is 2.17. The Labute approximate surface area is 81.2 Å². The van der Waals surface area contributed by atoms with Gasteiger partial charge in [-0.25, -0.2) is 0 Å². The molecular weight excluding hydrogens is 178 g/mol. The van der Waals surface area contributed by atoms with E-state index in [2.05, 4.69) is 5.16 Å². The number of amidine groups is 1. The maximum absolute atomic E-state index is 8.59. The van der Waals surface area contributed by atoms with E-state index in [1.165, 1.54) is 0 Å². The molecular formula is C10H11N3O. The summed E-state index contributed by atoms with van der Waals surface area (Å²) in [6, 6.07) is 9.79. The van der Waals surface area contributed by atoms with Crippen molar-refractivity contribution in [1.82, 2.24) is 4.57 Å². The summed E-state index contributed by atoms with van der Waals surface area (Å²) in [4.78, 5) is 0. The minimum Gasteiger partial charge on any atom is -0.409 e. The number of hydrogen-bond donors (Lipinski definition) is 2. The largest absolute Gasteiger partial charge is 0.409 e. The minimum absolute atomic E-state index is 0.128. The highest BCUT2D eigenvalue weighted by molar-refractivity contribution is 6.00. The van der Waals surface area contributed by atoms with Gasteiger partial charge in [-0.2, -0.15) is 0 Å². The van der Waals surface area contributed by atoms with Crippen molar-refractivity contribution in [2.45, 2.75) is 0 Å². The van der Waals surface area contributed by atoms with E-state index >= 15 is 0 Å². The van der Waals surface area contributed by atoms with Crippen molar-refractivity contribution < 1.29 is 5.21 Å². The van der Waals surface area contributed by atoms with Crippen LogP contribution in [0.2, 0.25) is 0 Å². The number of nitrogens with zero attached hydrogens (tertiary/aromatic N) is 2. The number of aryl methyl sites for hydroxylation is 1. The molecule has 0 aliphatic heterocycles. The maximum Gasteiger partial charge on any atom is 0.186 e. The molecule has 4 heteroatoms. The Hall–Kier alpha value is -1.97. The standard InChI is InChI=1S/C10H11N3O/c1-13-8-5-3-2-4-7(8)6-9(13)10(11)12-14/h2-6,14H,1H3,(H2,11,12). The Kier molecular flexibility index (Phi) is 1.89. The molecule has 0 saturated carbocycles. The monoisotopic (exact) mass is 189 g/mol. The summed E-state index contributed by atoms with van der Waals surface area (Å²) >= 11 is 0. The van der Waals surface area contributed by atoms with Gasteiger partial charge in [0.1, 0.15) is 0 Å². The van der Waals surface area contributed by atoms with Crippen LogP contribution in [-0.2, 0) is 7.05 Å². The quantitative estimate of drug-likeness (QED) is 0.307. The molecule has 0 aliphatic rings. The molecule has 0 unspecified atom stereocenters. The molecule has 0 spiro atoms. The molecule has 14 heavy (non-hydrogen) atoms. The second kappa shape index (κ2) is 3.06. The van der Waals surface area contributed by atoms with Gasteiger partial charge in [0.25, 0.3) is 0 Å². The summed E-state index contributed by atoms with van der Waals surface area (Å²) in [7, 11) is 1.88. The zero-order valence-electron chi connectivity index (χ0n) is 7.81. The van der Waals surface area contributed by atoms with Crippen LogP contribution in [-0.4, -0.2) is 15.6 Å². The summed E-state index contributed by atoms with van der Waals surface area (Å²) in [5, 5.41) is 12.7. The predicted molar refractivity (Wildman–Crippen MR) is 55.4 cm³/mol. The Morgan fingerprint density at radius 1 is 1.43 bits per heavy atom. The lowest BCUT2D eigenvalue weighted by Crippen LogP contribution is -2.16. The van der Waals surface area contributed by atoms with Crippen molar-refractivity contribution in [3.8, 4) is 0 Å². The Morgan fingerprint density at radius 2 is 2.14 bits per heavy atom. The van der Waals surface area contributed by atoms with Crippen LogP contribution in [0.5, 0.6) is 0 Å². The second-order valence-corrected chi connectivity index (χ2v) is 3.13. The molecule has 0 fully saturated rings. The first-order valence-electron chi connectivity index (χ1n) is 4.26. The predicted octanol–water partition coefficient (Wildman–Crippen LogP) is 1.27. The number of aromatic nitrogens is 1. The third kappa shape index (κ3) is 1.12. The molecule has 0 atom stereocenters. The molecule has 1 aromatic heterocycles. The van der Waals surface area contributed by atoms with Gasteiger partial charge >= 0.3 is 0 Å². The zero-order valence-corrected chi connectivity index (χ0v) is 7.81. The van der Waals surface area contributed by atoms with Crippen LogP contribution in [0.15, 0.2) is 35.5 Å². The van der Waals surface area contributed by atoms with Crippen molar-refractivity contribution >= 4 is 16.7 Å². The van der Waals surface area contributed by atoms with Crippen LogP contribution in [0.1, 0.15) is 5.69 Å². The van der Waals surface area contributed by atoms with E-state index in [1.54, 1.807) is 0 Å². The van der Waals surface area contributed by atoms with Crippen LogP contribution in [0.25, 0.3) is 10.9 Å². The summed E-state index contributed by atoms with van der Waals surface area (Å²) in [5.41, 5.74) is 7.32. The Bertz CT molecular complexity index is 499. The second-order valence-electron chi connectivity index (χ2n) is 3.13. The molecule has 1 aromatic carbocycles. The molecule has 72 valence electrons. The zero-order chi connectivity index (χ0) is 10.1. The third-order valence-electron chi connectivity index (χ3n) is 2.32. The van der Waals surface area contributed by atoms with Crippen LogP contribution >= 0.6 is 0 Å². The van der Waals surface area contributed by atoms with Gasteiger partial charge in [0, 0.05) is 18.0 Å². The first-order chi connectivity index (χ1) is 6.74. The van der Waals surface area contributed by atoms with Gasteiger partial charge in [-0.15, -0.1) is 0 Å². The number of oxime groups is 1. The Morgan fingerprint density at radius 3 is 2.79 bits per heavy atom. The van der Waals surface area contributed by atoms with Crippen molar-refractivity contribution in [2.24, 2.45) is 17.9 Å². The van der Waals surface area contributed by atoms with Gasteiger partial charge in [0.2, 0.25) is 0 Å². The summed E-state index contributed by atoms with van der Waals surface area (Å²) < 4.78 is 1.89. The minimum atomic E-state index is 0.128. The van der Waals surface area contributed by atoms with E-state index in [0.717, 1.165) is 10.9 Å². The SMILES string of the molecule is Cn1c(/C(N)=N/O)cc2ccccc21. The van der Waals surface area contributed by atoms with Crippen molar-refractivity contribution in [2.75, 3.05) is 0 Å². The fourth-order valence-electron chi connectivity index (χ4n) is 1.59. The molecule has 0 amide bonds. The van der Waals surface area contributed by atoms with Crippen LogP contribution in [0.3, 0.4) is 0 Å². The van der Waals surface area contributed by atoms with Crippen LogP contribution in [0.4, 0.5) is 0 Å². The van der Waals surface area contributed by atoms with Crippen LogP contribution < -0.4 is 5.73 Å². The molecule has 2 rings (SSSR count). The van der Waals surface area contributed by atoms with Crippen molar-refractivity contribution in [1.29, 1.82) is 0 Å². The van der Waals surface area contributed by atoms with Gasteiger partial charge in [-0.3, -0.25) is 0 Å². The average molecular weight is 189 g/mol. The number of para-hydroxylation sites is 1. The molecule has 2 aromatic rings. The lowest BCUT2D eigenvalue weighted by molar-refractivity contribution is 0.318. The van der Waals surface area contributed by atoms with Gasteiger partial charge < -0.3 is 15.5 Å². The third-order valence-corrected chi connectivity index (χ3v) is 2.32. The van der Waals surface area contributed by atoms with E-state index in [1.807, 2.05) is 41.9 Å². The average Bonchev–Trinajstić information content (AvgIpc) is 2.56. The van der Waals surface area contributed by atoms with Gasteiger partial charge in [0.15, 0.2) is 5.84 Å². The van der Waals surface area contributed by atoms with Gasteiger partial charge in [0.05, 0.1) is 5.69 Å². The van der Waals surface area contributed by atoms with E-state index in [9.17, 15) is 0 Å². The van der Waals surface area contributed by atoms with E-state index < -0.39 is 0 Å². The van der Waals surface area contributed by atoms with E-state index in [-0.39, 0.29) is 5.84 Å². The molecule has 4 nitrogen and oxygen atoms in total. The van der Waals surface area contributed by atoms with Gasteiger partial charge in [-0.1, -0.05) is 23.4 Å². The summed E-state index contributed by atoms with van der Waals surface area (Å²) in [6.07, 6.45) is 0. The lowest BCUT2D eigenvalue weighted by Gasteiger charge is -2.00. The highest BCUT2D eigenvalue weighted by Gasteiger charge is 2.07. The van der Waals surface area contributed by atoms with E-state index in [0.29, 0.717) is 5.69 Å². The van der Waals surface area contributed by atoms with Gasteiger partial charge in [-0.05, 0) is 12.1 Å².